The van der Waals surface area contributed by atoms with E-state index in [9.17, 15) is 23.6 Å². The number of carbonyl (C=O) groups is 4. The van der Waals surface area contributed by atoms with Crippen molar-refractivity contribution in [2.75, 3.05) is 32.7 Å². The Morgan fingerprint density at radius 2 is 1.96 bits per heavy atom. The molecule has 8 nitrogen and oxygen atoms in total. The van der Waals surface area contributed by atoms with E-state index >= 15 is 0 Å². The van der Waals surface area contributed by atoms with Gasteiger partial charge in [-0.1, -0.05) is 18.2 Å². The SMILES string of the molecule is C=CCN1C(=O)C(=O)N(CC(=O)N2CCNCC2c2cccc(F)c2)C1=O.Cl. The first-order chi connectivity index (χ1) is 12.9. The number of nitrogens with one attached hydrogen (secondary N) is 1. The summed E-state index contributed by atoms with van der Waals surface area (Å²) in [6.07, 6.45) is 1.32. The molecule has 5 amide bonds. The minimum atomic E-state index is -1.03. The van der Waals surface area contributed by atoms with Crippen molar-refractivity contribution >= 4 is 36.2 Å². The van der Waals surface area contributed by atoms with Crippen LogP contribution in [0.5, 0.6) is 0 Å². The van der Waals surface area contributed by atoms with Crippen molar-refractivity contribution in [3.8, 4) is 0 Å². The molecule has 3 rings (SSSR count). The van der Waals surface area contributed by atoms with Crippen LogP contribution in [0, 0.1) is 5.82 Å². The highest BCUT2D eigenvalue weighted by Crippen LogP contribution is 2.24. The van der Waals surface area contributed by atoms with Crippen LogP contribution in [0.4, 0.5) is 9.18 Å². The number of halogens is 2. The highest BCUT2D eigenvalue weighted by molar-refractivity contribution is 6.45. The average Bonchev–Trinajstić information content (AvgIpc) is 2.86. The van der Waals surface area contributed by atoms with Gasteiger partial charge in [0.15, 0.2) is 0 Å². The zero-order chi connectivity index (χ0) is 19.6. The molecular formula is C18H20ClFN4O4. The molecule has 0 bridgehead atoms. The maximum atomic E-state index is 13.6. The molecule has 150 valence electrons. The second kappa shape index (κ2) is 8.94. The minimum absolute atomic E-state index is 0. The van der Waals surface area contributed by atoms with Crippen molar-refractivity contribution < 1.29 is 23.6 Å². The van der Waals surface area contributed by atoms with E-state index < -0.39 is 42.2 Å². The number of rotatable bonds is 5. The summed E-state index contributed by atoms with van der Waals surface area (Å²) in [6.45, 7) is 4.07. The molecule has 2 saturated heterocycles. The number of urea groups is 1. The first kappa shape index (κ1) is 21.5. The highest BCUT2D eigenvalue weighted by atomic mass is 35.5. The monoisotopic (exact) mass is 410 g/mol. The lowest BCUT2D eigenvalue weighted by Gasteiger charge is -2.37. The molecule has 1 aromatic rings. The maximum absolute atomic E-state index is 13.6. The predicted molar refractivity (Wildman–Crippen MR) is 100.0 cm³/mol. The number of amides is 5. The number of hydrogen-bond acceptors (Lipinski definition) is 5. The maximum Gasteiger partial charge on any atom is 0.335 e. The Balaban J connectivity index is 0.00000280. The highest BCUT2D eigenvalue weighted by Gasteiger charge is 2.45. The summed E-state index contributed by atoms with van der Waals surface area (Å²) in [6, 6.07) is 4.65. The average molecular weight is 411 g/mol. The van der Waals surface area contributed by atoms with Gasteiger partial charge in [0, 0.05) is 26.2 Å². The molecule has 1 N–H and O–H groups in total. The molecule has 0 aliphatic carbocycles. The van der Waals surface area contributed by atoms with Gasteiger partial charge in [-0.2, -0.15) is 0 Å². The lowest BCUT2D eigenvalue weighted by atomic mass is 10.0. The van der Waals surface area contributed by atoms with Gasteiger partial charge in [-0.15, -0.1) is 19.0 Å². The topological polar surface area (TPSA) is 90.0 Å². The van der Waals surface area contributed by atoms with Crippen LogP contribution in [0.1, 0.15) is 11.6 Å². The lowest BCUT2D eigenvalue weighted by Crippen LogP contribution is -2.52. The van der Waals surface area contributed by atoms with Gasteiger partial charge in [0.05, 0.1) is 6.04 Å². The van der Waals surface area contributed by atoms with Crippen LogP contribution in [0.25, 0.3) is 0 Å². The van der Waals surface area contributed by atoms with Crippen LogP contribution >= 0.6 is 12.4 Å². The summed E-state index contributed by atoms with van der Waals surface area (Å²) in [5.41, 5.74) is 0.610. The van der Waals surface area contributed by atoms with Crippen LogP contribution in [0.3, 0.4) is 0 Å². The van der Waals surface area contributed by atoms with Gasteiger partial charge in [-0.3, -0.25) is 19.3 Å². The van der Waals surface area contributed by atoms with Gasteiger partial charge in [-0.25, -0.2) is 14.1 Å². The van der Waals surface area contributed by atoms with E-state index in [-0.39, 0.29) is 19.0 Å². The Morgan fingerprint density at radius 1 is 1.25 bits per heavy atom. The summed E-state index contributed by atoms with van der Waals surface area (Å²) in [5.74, 6) is -2.91. The third-order valence-corrected chi connectivity index (χ3v) is 4.54. The molecule has 2 fully saturated rings. The van der Waals surface area contributed by atoms with E-state index in [2.05, 4.69) is 11.9 Å². The van der Waals surface area contributed by atoms with Crippen molar-refractivity contribution in [1.82, 2.24) is 20.0 Å². The predicted octanol–water partition coefficient (Wildman–Crippen LogP) is 0.697. The van der Waals surface area contributed by atoms with E-state index in [1.165, 1.54) is 23.1 Å². The quantitative estimate of drug-likeness (QED) is 0.438. The van der Waals surface area contributed by atoms with Crippen LogP contribution < -0.4 is 5.32 Å². The molecule has 1 atom stereocenters. The smallest absolute Gasteiger partial charge is 0.332 e. The van der Waals surface area contributed by atoms with E-state index in [1.54, 1.807) is 12.1 Å². The number of nitrogens with zero attached hydrogens (tertiary/aromatic N) is 3. The fraction of sp³-hybridized carbons (Fsp3) is 0.333. The molecule has 1 aromatic carbocycles. The fourth-order valence-corrected chi connectivity index (χ4v) is 3.22. The standard InChI is InChI=1S/C18H19FN4O4.ClH/c1-2-7-22-16(25)17(26)23(18(22)27)11-15(24)21-8-6-20-10-14(21)12-4-3-5-13(19)9-12;/h2-5,9,14,20H,1,6-8,10-11H2;1H. The molecule has 10 heteroatoms. The largest absolute Gasteiger partial charge is 0.335 e. The number of carbonyl (C=O) groups excluding carboxylic acids is 4. The zero-order valence-corrected chi connectivity index (χ0v) is 15.8. The van der Waals surface area contributed by atoms with Gasteiger partial charge in [0.1, 0.15) is 12.4 Å². The summed E-state index contributed by atoms with van der Waals surface area (Å²) in [4.78, 5) is 51.9. The van der Waals surface area contributed by atoms with Gasteiger partial charge in [0.2, 0.25) is 5.91 Å². The Hall–Kier alpha value is -2.78. The van der Waals surface area contributed by atoms with Crippen LogP contribution in [-0.4, -0.2) is 71.2 Å². The second-order valence-corrected chi connectivity index (χ2v) is 6.24. The third-order valence-electron chi connectivity index (χ3n) is 4.54. The van der Waals surface area contributed by atoms with Crippen LogP contribution in [-0.2, 0) is 14.4 Å². The van der Waals surface area contributed by atoms with Gasteiger partial charge in [-0.05, 0) is 17.7 Å². The zero-order valence-electron chi connectivity index (χ0n) is 15.0. The molecular weight excluding hydrogens is 391 g/mol. The lowest BCUT2D eigenvalue weighted by molar-refractivity contribution is -0.145. The molecule has 0 saturated carbocycles. The Kier molecular flexibility index (Phi) is 6.87. The summed E-state index contributed by atoms with van der Waals surface area (Å²) in [7, 11) is 0. The Bertz CT molecular complexity index is 819. The van der Waals surface area contributed by atoms with Crippen molar-refractivity contribution in [3.05, 3.63) is 48.3 Å². The van der Waals surface area contributed by atoms with Crippen molar-refractivity contribution in [2.24, 2.45) is 0 Å². The second-order valence-electron chi connectivity index (χ2n) is 6.24. The van der Waals surface area contributed by atoms with E-state index in [1.807, 2.05) is 0 Å². The number of imide groups is 2. The molecule has 1 unspecified atom stereocenters. The number of benzene rings is 1. The van der Waals surface area contributed by atoms with E-state index in [0.29, 0.717) is 30.1 Å². The first-order valence-electron chi connectivity index (χ1n) is 8.48. The molecule has 0 aromatic heterocycles. The third kappa shape index (κ3) is 4.05. The summed E-state index contributed by atoms with van der Waals surface area (Å²) < 4.78 is 13.6. The van der Waals surface area contributed by atoms with Crippen molar-refractivity contribution in [3.63, 3.8) is 0 Å². The molecule has 2 aliphatic heterocycles. The van der Waals surface area contributed by atoms with Gasteiger partial charge >= 0.3 is 17.8 Å². The van der Waals surface area contributed by atoms with Gasteiger partial charge < -0.3 is 10.2 Å². The minimum Gasteiger partial charge on any atom is -0.332 e. The molecule has 0 radical (unpaired) electrons. The molecule has 2 heterocycles. The summed E-state index contributed by atoms with van der Waals surface area (Å²) >= 11 is 0. The van der Waals surface area contributed by atoms with Crippen molar-refractivity contribution in [2.45, 2.75) is 6.04 Å². The Labute approximate surface area is 167 Å². The van der Waals surface area contributed by atoms with Crippen LogP contribution in [0.15, 0.2) is 36.9 Å². The normalized spacial score (nSPS) is 19.7. The van der Waals surface area contributed by atoms with E-state index in [0.717, 1.165) is 4.90 Å². The molecule has 0 spiro atoms. The van der Waals surface area contributed by atoms with Crippen molar-refractivity contribution in [1.29, 1.82) is 0 Å². The number of piperazine rings is 1. The Morgan fingerprint density at radius 3 is 2.64 bits per heavy atom. The number of hydrogen-bond donors (Lipinski definition) is 1. The first-order valence-corrected chi connectivity index (χ1v) is 8.48. The van der Waals surface area contributed by atoms with E-state index in [4.69, 9.17) is 0 Å². The molecule has 28 heavy (non-hydrogen) atoms. The van der Waals surface area contributed by atoms with Crippen LogP contribution in [0.2, 0.25) is 0 Å². The fourth-order valence-electron chi connectivity index (χ4n) is 3.22. The summed E-state index contributed by atoms with van der Waals surface area (Å²) in [5, 5.41) is 3.14. The van der Waals surface area contributed by atoms with Gasteiger partial charge in [0.25, 0.3) is 0 Å². The molecule has 2 aliphatic rings.